The molecule has 1 aliphatic heterocycles. The summed E-state index contributed by atoms with van der Waals surface area (Å²) in [6, 6.07) is 16.2. The maximum Gasteiger partial charge on any atom is 0.245 e. The van der Waals surface area contributed by atoms with Crippen molar-refractivity contribution < 1.29 is 38.4 Å². The molecule has 1 fully saturated rings. The van der Waals surface area contributed by atoms with Crippen LogP contribution in [0.2, 0.25) is 0 Å². The Hall–Kier alpha value is -6.42. The van der Waals surface area contributed by atoms with Crippen LogP contribution in [-0.2, 0) is 35.2 Å². The fourth-order valence-electron chi connectivity index (χ4n) is 8.01. The van der Waals surface area contributed by atoms with Gasteiger partial charge in [-0.25, -0.2) is 0 Å². The van der Waals surface area contributed by atoms with Crippen molar-refractivity contribution in [2.24, 2.45) is 17.6 Å². The monoisotopic (exact) mass is 878 g/mol. The van der Waals surface area contributed by atoms with Crippen molar-refractivity contribution in [1.82, 2.24) is 31.5 Å². The fraction of sp³-hybridized carbons (Fsp3) is 0.458. The number of nitrogens with zero attached hydrogens (tertiary/aromatic N) is 1. The van der Waals surface area contributed by atoms with E-state index in [1.807, 2.05) is 58.0 Å². The summed E-state index contributed by atoms with van der Waals surface area (Å²) < 4.78 is 0. The van der Waals surface area contributed by atoms with Crippen molar-refractivity contribution in [2.45, 2.75) is 103 Å². The van der Waals surface area contributed by atoms with Gasteiger partial charge in [0.2, 0.25) is 35.4 Å². The van der Waals surface area contributed by atoms with Crippen molar-refractivity contribution in [3.8, 4) is 0 Å². The Kier molecular flexibility index (Phi) is 17.3. The molecule has 342 valence electrons. The summed E-state index contributed by atoms with van der Waals surface area (Å²) in [7, 11) is 0. The number of ketones is 2. The highest BCUT2D eigenvalue weighted by molar-refractivity contribution is 6.30. The highest BCUT2D eigenvalue weighted by atomic mass is 16.2. The Balaban J connectivity index is 1.21. The lowest BCUT2D eigenvalue weighted by atomic mass is 9.83. The van der Waals surface area contributed by atoms with E-state index < -0.39 is 59.7 Å². The molecule has 3 aromatic rings. The minimum Gasteiger partial charge on any atom is -0.384 e. The van der Waals surface area contributed by atoms with Crippen molar-refractivity contribution in [3.63, 3.8) is 0 Å². The van der Waals surface area contributed by atoms with Gasteiger partial charge >= 0.3 is 0 Å². The Morgan fingerprint density at radius 3 is 1.95 bits per heavy atom. The number of fused-ring (bicyclic) bond motifs is 2. The number of rotatable bonds is 21. The maximum absolute atomic E-state index is 14.3. The first-order valence-electron chi connectivity index (χ1n) is 22.2. The second-order valence-corrected chi connectivity index (χ2v) is 17.4. The number of likely N-dealkylation sites (tertiary alicyclic amines) is 1. The number of hydrogen-bond donors (Lipinski definition) is 7. The SMILES string of the molecule is CC(C)C[C@H](NC(=O)CNC(=O)[C@H](C)N)C(=O)N[C@@H](Cc1ccccc1)C(=O)N[C@@H](CC(C)C)C(=O)N1CCC[C@H]1C(=O)NCCCNc1cccc2c1C(=O)c1ccccc1C2=O. The Morgan fingerprint density at radius 1 is 0.672 bits per heavy atom. The average Bonchev–Trinajstić information content (AvgIpc) is 3.76. The van der Waals surface area contributed by atoms with E-state index in [-0.39, 0.29) is 61.7 Å². The van der Waals surface area contributed by atoms with Gasteiger partial charge in [-0.15, -0.1) is 0 Å². The van der Waals surface area contributed by atoms with Gasteiger partial charge in [-0.2, -0.15) is 0 Å². The Labute approximate surface area is 374 Å². The normalized spacial score (nSPS) is 16.2. The Bertz CT molecular complexity index is 2190. The van der Waals surface area contributed by atoms with E-state index in [0.29, 0.717) is 60.3 Å². The van der Waals surface area contributed by atoms with Crippen LogP contribution in [-0.4, -0.2) is 108 Å². The van der Waals surface area contributed by atoms with Crippen LogP contribution in [0.1, 0.15) is 104 Å². The molecule has 6 amide bonds. The van der Waals surface area contributed by atoms with Crippen LogP contribution in [0.15, 0.2) is 72.8 Å². The number of benzene rings is 3. The number of nitrogens with two attached hydrogens (primary N) is 1. The molecule has 16 heteroatoms. The second kappa shape index (κ2) is 22.8. The zero-order valence-electron chi connectivity index (χ0n) is 37.3. The number of nitrogens with one attached hydrogen (secondary N) is 6. The minimum atomic E-state index is -1.14. The van der Waals surface area contributed by atoms with Gasteiger partial charge in [-0.3, -0.25) is 38.4 Å². The third-order valence-corrected chi connectivity index (χ3v) is 11.2. The van der Waals surface area contributed by atoms with Crippen LogP contribution in [0.3, 0.4) is 0 Å². The lowest BCUT2D eigenvalue weighted by Crippen LogP contribution is -2.59. The molecule has 5 atom stereocenters. The summed E-state index contributed by atoms with van der Waals surface area (Å²) in [4.78, 5) is 109. The zero-order valence-corrected chi connectivity index (χ0v) is 37.3. The van der Waals surface area contributed by atoms with Crippen LogP contribution in [0.25, 0.3) is 0 Å². The molecule has 0 saturated carbocycles. The van der Waals surface area contributed by atoms with E-state index in [9.17, 15) is 38.4 Å². The predicted octanol–water partition coefficient (Wildman–Crippen LogP) is 2.62. The molecule has 0 radical (unpaired) electrons. The first kappa shape index (κ1) is 48.6. The summed E-state index contributed by atoms with van der Waals surface area (Å²) in [6.45, 7) is 9.71. The van der Waals surface area contributed by atoms with E-state index in [4.69, 9.17) is 5.73 Å². The topological polar surface area (TPSA) is 238 Å². The molecule has 64 heavy (non-hydrogen) atoms. The van der Waals surface area contributed by atoms with Gasteiger partial charge in [0, 0.05) is 48.4 Å². The highest BCUT2D eigenvalue weighted by Gasteiger charge is 2.39. The number of amides is 6. The van der Waals surface area contributed by atoms with E-state index in [1.54, 1.807) is 42.5 Å². The van der Waals surface area contributed by atoms with Crippen molar-refractivity contribution in [3.05, 3.63) is 101 Å². The molecular formula is C48H62N8O8. The molecule has 3 aromatic carbocycles. The van der Waals surface area contributed by atoms with Gasteiger partial charge in [0.15, 0.2) is 11.6 Å². The van der Waals surface area contributed by atoms with E-state index in [1.165, 1.54) is 11.8 Å². The largest absolute Gasteiger partial charge is 0.384 e. The number of hydrogen-bond acceptors (Lipinski definition) is 10. The summed E-state index contributed by atoms with van der Waals surface area (Å²) in [5.74, 6) is -3.53. The lowest BCUT2D eigenvalue weighted by Gasteiger charge is -2.31. The molecular weight excluding hydrogens is 817 g/mol. The van der Waals surface area contributed by atoms with Gasteiger partial charge in [0.05, 0.1) is 18.2 Å². The van der Waals surface area contributed by atoms with Gasteiger partial charge in [-0.05, 0) is 62.5 Å². The molecule has 1 aliphatic carbocycles. The van der Waals surface area contributed by atoms with Crippen LogP contribution >= 0.6 is 0 Å². The summed E-state index contributed by atoms with van der Waals surface area (Å²) in [6.07, 6.45) is 2.13. The summed E-state index contributed by atoms with van der Waals surface area (Å²) >= 11 is 0. The van der Waals surface area contributed by atoms with E-state index >= 15 is 0 Å². The number of carbonyl (C=O) groups is 8. The number of anilines is 1. The fourth-order valence-corrected chi connectivity index (χ4v) is 8.01. The standard InChI is InChI=1S/C48H62N8O8/c1-28(2)24-36(53-40(57)27-52-44(60)30(5)49)45(61)54-37(26-31-14-7-6-8-15-31)46(62)55-38(25-29(3)4)48(64)56-23-12-20-39(56)47(63)51-22-13-21-50-35-19-11-18-34-41(35)43(59)33-17-10-9-16-32(33)42(34)58/h6-11,14-19,28-30,36-39,50H,12-13,20-27,49H2,1-5H3,(H,51,63)(H,52,60)(H,53,57)(H,54,61)(H,55,62)/t30-,36-,37-,38-,39-/m0/s1. The van der Waals surface area contributed by atoms with Crippen molar-refractivity contribution in [1.29, 1.82) is 0 Å². The smallest absolute Gasteiger partial charge is 0.245 e. The highest BCUT2D eigenvalue weighted by Crippen LogP contribution is 2.32. The third-order valence-electron chi connectivity index (χ3n) is 11.2. The molecule has 0 spiro atoms. The predicted molar refractivity (Wildman–Crippen MR) is 242 cm³/mol. The molecule has 0 aromatic heterocycles. The number of carbonyl (C=O) groups excluding carboxylic acids is 8. The molecule has 0 bridgehead atoms. The summed E-state index contributed by atoms with van der Waals surface area (Å²) in [5, 5.41) is 17.0. The first-order valence-corrected chi connectivity index (χ1v) is 22.2. The van der Waals surface area contributed by atoms with Gasteiger partial charge in [-0.1, -0.05) is 94.4 Å². The maximum atomic E-state index is 14.3. The van der Waals surface area contributed by atoms with Crippen LogP contribution in [0.4, 0.5) is 5.69 Å². The van der Waals surface area contributed by atoms with Crippen LogP contribution < -0.4 is 37.6 Å². The second-order valence-electron chi connectivity index (χ2n) is 17.4. The van der Waals surface area contributed by atoms with E-state index in [0.717, 1.165) is 5.56 Å². The van der Waals surface area contributed by atoms with Crippen molar-refractivity contribution >= 4 is 52.7 Å². The molecule has 16 nitrogen and oxygen atoms in total. The van der Waals surface area contributed by atoms with E-state index in [2.05, 4.69) is 31.9 Å². The summed E-state index contributed by atoms with van der Waals surface area (Å²) in [5.41, 5.74) is 8.29. The van der Waals surface area contributed by atoms with Gasteiger partial charge in [0.1, 0.15) is 24.2 Å². The lowest BCUT2D eigenvalue weighted by molar-refractivity contribution is -0.142. The quantitative estimate of drug-likeness (QED) is 0.0605. The zero-order chi connectivity index (χ0) is 46.5. The first-order chi connectivity index (χ1) is 30.5. The molecule has 8 N–H and O–H groups in total. The minimum absolute atomic E-state index is 0.0226. The van der Waals surface area contributed by atoms with Crippen LogP contribution in [0.5, 0.6) is 0 Å². The van der Waals surface area contributed by atoms with Gasteiger partial charge < -0.3 is 42.5 Å². The molecule has 1 heterocycles. The Morgan fingerprint density at radius 2 is 1.28 bits per heavy atom. The van der Waals surface area contributed by atoms with Gasteiger partial charge in [0.25, 0.3) is 0 Å². The third kappa shape index (κ3) is 12.8. The average molecular weight is 879 g/mol. The molecule has 0 unspecified atom stereocenters. The molecule has 1 saturated heterocycles. The van der Waals surface area contributed by atoms with Crippen molar-refractivity contribution in [2.75, 3.05) is 31.5 Å². The van der Waals surface area contributed by atoms with Crippen LogP contribution in [0, 0.1) is 11.8 Å². The molecule has 2 aliphatic rings. The molecule has 5 rings (SSSR count).